The zero-order valence-electron chi connectivity index (χ0n) is 14.5. The Labute approximate surface area is 179 Å². The van der Waals surface area contributed by atoms with Gasteiger partial charge in [0, 0.05) is 10.0 Å². The molecule has 6 nitrogen and oxygen atoms in total. The summed E-state index contributed by atoms with van der Waals surface area (Å²) < 4.78 is 0.958. The maximum atomic E-state index is 12.2. The number of rotatable bonds is 3. The largest absolute Gasteiger partial charge is 0.327 e. The summed E-state index contributed by atoms with van der Waals surface area (Å²) in [6.45, 7) is 1.78. The number of carbonyl (C=O) groups is 2. The van der Waals surface area contributed by atoms with Crippen LogP contribution in [-0.2, 0) is 0 Å². The van der Waals surface area contributed by atoms with E-state index in [-0.39, 0.29) is 21.4 Å². The van der Waals surface area contributed by atoms with Crippen molar-refractivity contribution in [1.29, 1.82) is 0 Å². The number of amides is 3. The minimum atomic E-state index is -0.772. The van der Waals surface area contributed by atoms with Gasteiger partial charge in [-0.1, -0.05) is 57.3 Å². The molecule has 0 saturated carbocycles. The zero-order chi connectivity index (χ0) is 20.3. The molecule has 0 radical (unpaired) electrons. The van der Waals surface area contributed by atoms with E-state index >= 15 is 0 Å². The summed E-state index contributed by atoms with van der Waals surface area (Å²) in [4.78, 5) is 33.0. The van der Waals surface area contributed by atoms with Crippen molar-refractivity contribution in [2.24, 2.45) is 0 Å². The molecule has 3 amide bonds. The molecule has 0 spiro atoms. The number of nitrogens with zero attached hydrogens (tertiary/aromatic N) is 2. The van der Waals surface area contributed by atoms with Crippen molar-refractivity contribution >= 4 is 56.9 Å². The van der Waals surface area contributed by atoms with Crippen LogP contribution in [0.5, 0.6) is 0 Å². The van der Waals surface area contributed by atoms with Crippen molar-refractivity contribution in [3.05, 3.63) is 74.4 Å². The van der Waals surface area contributed by atoms with E-state index in [1.165, 1.54) is 18.3 Å². The lowest BCUT2D eigenvalue weighted by Crippen LogP contribution is -2.35. The fourth-order valence-corrected chi connectivity index (χ4v) is 3.29. The number of aromatic nitrogens is 2. The van der Waals surface area contributed by atoms with E-state index < -0.39 is 11.9 Å². The van der Waals surface area contributed by atoms with E-state index in [1.807, 2.05) is 24.3 Å². The molecule has 1 aromatic heterocycles. The van der Waals surface area contributed by atoms with Gasteiger partial charge in [0.1, 0.15) is 0 Å². The second kappa shape index (κ2) is 8.68. The van der Waals surface area contributed by atoms with Crippen LogP contribution in [0.3, 0.4) is 0 Å². The van der Waals surface area contributed by atoms with Crippen LogP contribution in [0.2, 0.25) is 10.0 Å². The van der Waals surface area contributed by atoms with E-state index in [4.69, 9.17) is 23.2 Å². The Kier molecular flexibility index (Phi) is 6.28. The normalized spacial score (nSPS) is 10.4. The zero-order valence-corrected chi connectivity index (χ0v) is 17.6. The number of aryl methyl sites for hydroxylation is 1. The molecule has 2 N–H and O–H groups in total. The number of halogens is 3. The lowest BCUT2D eigenvalue weighted by Gasteiger charge is -2.10. The number of benzene rings is 2. The number of urea groups is 1. The van der Waals surface area contributed by atoms with Gasteiger partial charge in [-0.05, 0) is 31.2 Å². The third-order valence-electron chi connectivity index (χ3n) is 3.72. The van der Waals surface area contributed by atoms with Crippen molar-refractivity contribution in [2.45, 2.75) is 6.92 Å². The molecule has 142 valence electrons. The summed E-state index contributed by atoms with van der Waals surface area (Å²) in [5.41, 5.74) is 2.24. The molecule has 1 heterocycles. The van der Waals surface area contributed by atoms with Crippen molar-refractivity contribution in [3.8, 4) is 11.3 Å². The van der Waals surface area contributed by atoms with Crippen LogP contribution in [0.15, 0.2) is 53.1 Å². The van der Waals surface area contributed by atoms with E-state index in [2.05, 4.69) is 36.5 Å². The molecule has 0 atom stereocenters. The summed E-state index contributed by atoms with van der Waals surface area (Å²) in [5.74, 6) is -0.516. The molecular weight excluding hydrogens is 467 g/mol. The van der Waals surface area contributed by atoms with E-state index in [1.54, 1.807) is 13.0 Å². The average Bonchev–Trinajstić information content (AvgIpc) is 2.62. The number of nitrogens with one attached hydrogen (secondary N) is 2. The van der Waals surface area contributed by atoms with Crippen LogP contribution < -0.4 is 10.6 Å². The topological polar surface area (TPSA) is 84.0 Å². The standard InChI is InChI=1S/C19H13BrCl2N4O2/c1-10-17(11-5-7-12(20)8-6-11)23-9-15(24-10)25-19(28)26-18(27)16-13(21)3-2-4-14(16)22/h2-9H,1H3,(H2,24,25,26,27,28). The summed E-state index contributed by atoms with van der Waals surface area (Å²) >= 11 is 15.3. The minimum absolute atomic E-state index is 0.0221. The monoisotopic (exact) mass is 478 g/mol. The van der Waals surface area contributed by atoms with E-state index in [0.717, 1.165) is 10.0 Å². The molecule has 0 aliphatic carbocycles. The van der Waals surface area contributed by atoms with Gasteiger partial charge >= 0.3 is 6.03 Å². The Morgan fingerprint density at radius 2 is 1.68 bits per heavy atom. The first-order valence-electron chi connectivity index (χ1n) is 8.01. The first-order valence-corrected chi connectivity index (χ1v) is 9.56. The molecule has 0 unspecified atom stereocenters. The van der Waals surface area contributed by atoms with Crippen LogP contribution in [-0.4, -0.2) is 21.9 Å². The Morgan fingerprint density at radius 1 is 1.04 bits per heavy atom. The lowest BCUT2D eigenvalue weighted by molar-refractivity contribution is 0.0967. The molecule has 0 bridgehead atoms. The molecule has 0 aliphatic rings. The third-order valence-corrected chi connectivity index (χ3v) is 4.88. The van der Waals surface area contributed by atoms with Gasteiger partial charge in [-0.25, -0.2) is 9.78 Å². The van der Waals surface area contributed by atoms with Crippen molar-refractivity contribution in [2.75, 3.05) is 5.32 Å². The van der Waals surface area contributed by atoms with Crippen LogP contribution in [0.25, 0.3) is 11.3 Å². The average molecular weight is 480 g/mol. The highest BCUT2D eigenvalue weighted by atomic mass is 79.9. The molecule has 0 saturated heterocycles. The quantitative estimate of drug-likeness (QED) is 0.520. The summed E-state index contributed by atoms with van der Waals surface area (Å²) in [6, 6.07) is 11.5. The second-order valence-electron chi connectivity index (χ2n) is 5.70. The Bertz CT molecular complexity index is 1040. The molecule has 28 heavy (non-hydrogen) atoms. The number of imide groups is 1. The van der Waals surface area contributed by atoms with Gasteiger partial charge in [-0.15, -0.1) is 0 Å². The summed E-state index contributed by atoms with van der Waals surface area (Å²) in [7, 11) is 0. The lowest BCUT2D eigenvalue weighted by atomic mass is 10.1. The minimum Gasteiger partial charge on any atom is -0.291 e. The fourth-order valence-electron chi connectivity index (χ4n) is 2.46. The Morgan fingerprint density at radius 3 is 2.29 bits per heavy atom. The van der Waals surface area contributed by atoms with Crippen LogP contribution in [0.1, 0.15) is 16.1 Å². The van der Waals surface area contributed by atoms with Gasteiger partial charge in [-0.2, -0.15) is 0 Å². The fraction of sp³-hybridized carbons (Fsp3) is 0.0526. The van der Waals surface area contributed by atoms with Crippen LogP contribution in [0, 0.1) is 6.92 Å². The molecule has 3 aromatic rings. The summed E-state index contributed by atoms with van der Waals surface area (Å²) in [6.07, 6.45) is 1.41. The Hall–Kier alpha value is -2.48. The van der Waals surface area contributed by atoms with Crippen molar-refractivity contribution < 1.29 is 9.59 Å². The molecular formula is C19H13BrCl2N4O2. The smallest absolute Gasteiger partial charge is 0.291 e. The molecule has 0 fully saturated rings. The highest BCUT2D eigenvalue weighted by Gasteiger charge is 2.17. The second-order valence-corrected chi connectivity index (χ2v) is 7.43. The van der Waals surface area contributed by atoms with Gasteiger partial charge in [0.2, 0.25) is 0 Å². The van der Waals surface area contributed by atoms with Crippen molar-refractivity contribution in [1.82, 2.24) is 15.3 Å². The predicted molar refractivity (Wildman–Crippen MR) is 113 cm³/mol. The highest BCUT2D eigenvalue weighted by Crippen LogP contribution is 2.24. The maximum absolute atomic E-state index is 12.2. The van der Waals surface area contributed by atoms with Crippen LogP contribution in [0.4, 0.5) is 10.6 Å². The van der Waals surface area contributed by atoms with E-state index in [9.17, 15) is 9.59 Å². The molecule has 3 rings (SSSR count). The SMILES string of the molecule is Cc1nc(NC(=O)NC(=O)c2c(Cl)cccc2Cl)cnc1-c1ccc(Br)cc1. The molecule has 2 aromatic carbocycles. The Balaban J connectivity index is 1.71. The third kappa shape index (κ3) is 4.67. The predicted octanol–water partition coefficient (Wildman–Crippen LogP) is 5.48. The van der Waals surface area contributed by atoms with Gasteiger partial charge in [0.05, 0.1) is 33.2 Å². The summed E-state index contributed by atoms with van der Waals surface area (Å²) in [5, 5.41) is 4.93. The number of anilines is 1. The van der Waals surface area contributed by atoms with Gasteiger partial charge in [-0.3, -0.25) is 20.4 Å². The molecule has 9 heteroatoms. The van der Waals surface area contributed by atoms with Gasteiger partial charge in [0.15, 0.2) is 5.82 Å². The van der Waals surface area contributed by atoms with E-state index in [0.29, 0.717) is 11.4 Å². The molecule has 0 aliphatic heterocycles. The van der Waals surface area contributed by atoms with Crippen molar-refractivity contribution in [3.63, 3.8) is 0 Å². The van der Waals surface area contributed by atoms with Gasteiger partial charge in [0.25, 0.3) is 5.91 Å². The number of carbonyl (C=O) groups excluding carboxylic acids is 2. The number of hydrogen-bond donors (Lipinski definition) is 2. The first kappa shape index (κ1) is 20.3. The highest BCUT2D eigenvalue weighted by molar-refractivity contribution is 9.10. The van der Waals surface area contributed by atoms with Gasteiger partial charge < -0.3 is 0 Å². The maximum Gasteiger partial charge on any atom is 0.327 e. The van der Waals surface area contributed by atoms with Crippen LogP contribution >= 0.6 is 39.1 Å². The number of hydrogen-bond acceptors (Lipinski definition) is 4. The first-order chi connectivity index (χ1) is 13.3.